The second-order valence-electron chi connectivity index (χ2n) is 9.07. The summed E-state index contributed by atoms with van der Waals surface area (Å²) < 4.78 is 49.0. The van der Waals surface area contributed by atoms with Crippen molar-refractivity contribution in [2.45, 2.75) is 13.1 Å². The molecule has 3 aromatic heterocycles. The maximum atomic E-state index is 14.0. The zero-order chi connectivity index (χ0) is 26.9. The van der Waals surface area contributed by atoms with Crippen LogP contribution in [0, 0.1) is 18.3 Å². The third-order valence-electron chi connectivity index (χ3n) is 6.52. The molecule has 12 heteroatoms. The minimum atomic E-state index is -4.63. The van der Waals surface area contributed by atoms with Crippen LogP contribution >= 0.6 is 0 Å². The number of halogens is 3. The van der Waals surface area contributed by atoms with Gasteiger partial charge >= 0.3 is 6.18 Å². The molecule has 1 fully saturated rings. The van der Waals surface area contributed by atoms with E-state index < -0.39 is 11.7 Å². The van der Waals surface area contributed by atoms with E-state index in [0.29, 0.717) is 17.6 Å². The van der Waals surface area contributed by atoms with Crippen LogP contribution in [0.5, 0.6) is 5.75 Å². The van der Waals surface area contributed by atoms with Gasteiger partial charge in [-0.3, -0.25) is 4.90 Å². The van der Waals surface area contributed by atoms with Crippen LogP contribution in [0.15, 0.2) is 42.5 Å². The lowest BCUT2D eigenvalue weighted by Crippen LogP contribution is -2.47. The van der Waals surface area contributed by atoms with E-state index in [9.17, 15) is 18.4 Å². The SMILES string of the molecule is Cc1cccc(N2CCN(CCOc3ccc(-c4cc5c(nnn5C)c(C#N)n4)cc3C(F)(F)F)CC2)n1. The van der Waals surface area contributed by atoms with Crippen molar-refractivity contribution >= 4 is 16.9 Å². The van der Waals surface area contributed by atoms with E-state index in [0.717, 1.165) is 43.8 Å². The Morgan fingerprint density at radius 3 is 2.55 bits per heavy atom. The minimum absolute atomic E-state index is 0.00207. The molecule has 1 aliphatic rings. The standard InChI is InChI=1S/C26H25F3N8O/c1-17-4-3-5-24(31-17)37-10-8-36(9-11-37)12-13-38-23-7-6-18(14-19(23)26(27,28)29)20-15-22-25(21(16-30)32-20)33-34-35(22)2/h3-7,14-15H,8-13H2,1-2H3. The Balaban J connectivity index is 1.27. The van der Waals surface area contributed by atoms with Crippen LogP contribution in [0.1, 0.15) is 17.0 Å². The van der Waals surface area contributed by atoms with Gasteiger partial charge in [0.1, 0.15) is 29.8 Å². The molecule has 0 saturated carbocycles. The first kappa shape index (κ1) is 25.4. The number of alkyl halides is 3. The summed E-state index contributed by atoms with van der Waals surface area (Å²) in [5.41, 5.74) is 1.29. The Bertz CT molecular complexity index is 1500. The van der Waals surface area contributed by atoms with Gasteiger partial charge in [0, 0.05) is 51.0 Å². The number of aromatic nitrogens is 5. The zero-order valence-corrected chi connectivity index (χ0v) is 20.9. The number of fused-ring (bicyclic) bond motifs is 1. The molecule has 4 heterocycles. The lowest BCUT2D eigenvalue weighted by molar-refractivity contribution is -0.138. The number of piperazine rings is 1. The summed E-state index contributed by atoms with van der Waals surface area (Å²) >= 11 is 0. The van der Waals surface area contributed by atoms with E-state index in [1.54, 1.807) is 13.1 Å². The molecule has 0 spiro atoms. The summed E-state index contributed by atoms with van der Waals surface area (Å²) in [7, 11) is 1.64. The average Bonchev–Trinajstić information content (AvgIpc) is 3.28. The highest BCUT2D eigenvalue weighted by molar-refractivity contribution is 5.83. The van der Waals surface area contributed by atoms with Gasteiger partial charge in [-0.25, -0.2) is 14.6 Å². The van der Waals surface area contributed by atoms with Crippen LogP contribution in [0.3, 0.4) is 0 Å². The third-order valence-corrected chi connectivity index (χ3v) is 6.52. The monoisotopic (exact) mass is 522 g/mol. The summed E-state index contributed by atoms with van der Waals surface area (Å²) in [6, 6.07) is 13.2. The van der Waals surface area contributed by atoms with Crippen molar-refractivity contribution in [2.24, 2.45) is 7.05 Å². The summed E-state index contributed by atoms with van der Waals surface area (Å²) in [5, 5.41) is 17.2. The summed E-state index contributed by atoms with van der Waals surface area (Å²) in [4.78, 5) is 13.1. The molecule has 5 rings (SSSR count). The van der Waals surface area contributed by atoms with Crippen molar-refractivity contribution < 1.29 is 17.9 Å². The van der Waals surface area contributed by atoms with Gasteiger partial charge in [-0.1, -0.05) is 11.3 Å². The van der Waals surface area contributed by atoms with E-state index in [1.165, 1.54) is 16.8 Å². The van der Waals surface area contributed by atoms with Crippen LogP contribution in [0.25, 0.3) is 22.3 Å². The van der Waals surface area contributed by atoms with Crippen LogP contribution in [0.2, 0.25) is 0 Å². The minimum Gasteiger partial charge on any atom is -0.492 e. The van der Waals surface area contributed by atoms with Crippen molar-refractivity contribution in [2.75, 3.05) is 44.2 Å². The molecular formula is C26H25F3N8O. The maximum absolute atomic E-state index is 14.0. The Hall–Kier alpha value is -4.24. The van der Waals surface area contributed by atoms with Gasteiger partial charge in [0.25, 0.3) is 0 Å². The number of aryl methyl sites for hydroxylation is 2. The number of hydrogen-bond acceptors (Lipinski definition) is 8. The first-order valence-electron chi connectivity index (χ1n) is 12.1. The van der Waals surface area contributed by atoms with Crippen LogP contribution in [-0.2, 0) is 13.2 Å². The topological polar surface area (TPSA) is 96.0 Å². The highest BCUT2D eigenvalue weighted by Gasteiger charge is 2.35. The van der Waals surface area contributed by atoms with Gasteiger partial charge in [0.05, 0.1) is 16.8 Å². The van der Waals surface area contributed by atoms with Gasteiger partial charge in [-0.05, 0) is 43.3 Å². The highest BCUT2D eigenvalue weighted by Crippen LogP contribution is 2.39. The number of hydrogen-bond donors (Lipinski definition) is 0. The molecule has 1 aromatic carbocycles. The number of anilines is 1. The predicted molar refractivity (Wildman–Crippen MR) is 135 cm³/mol. The number of pyridine rings is 2. The molecule has 0 radical (unpaired) electrons. The summed E-state index contributed by atoms with van der Waals surface area (Å²) in [5.74, 6) is 0.693. The second-order valence-corrected chi connectivity index (χ2v) is 9.07. The molecule has 0 N–H and O–H groups in total. The predicted octanol–water partition coefficient (Wildman–Crippen LogP) is 3.83. The molecule has 0 unspecified atom stereocenters. The molecule has 0 aliphatic carbocycles. The number of benzene rings is 1. The Kier molecular flexibility index (Phi) is 6.86. The van der Waals surface area contributed by atoms with E-state index in [4.69, 9.17) is 4.74 Å². The number of nitriles is 1. The molecule has 0 bridgehead atoms. The van der Waals surface area contributed by atoms with Crippen LogP contribution in [-0.4, -0.2) is 69.2 Å². The molecule has 38 heavy (non-hydrogen) atoms. The largest absolute Gasteiger partial charge is 0.492 e. The normalized spacial score (nSPS) is 14.6. The average molecular weight is 523 g/mol. The summed E-state index contributed by atoms with van der Waals surface area (Å²) in [6.07, 6.45) is -4.63. The van der Waals surface area contributed by atoms with Crippen molar-refractivity contribution in [3.63, 3.8) is 0 Å². The molecule has 0 amide bonds. The van der Waals surface area contributed by atoms with Crippen molar-refractivity contribution in [3.8, 4) is 23.1 Å². The number of ether oxygens (including phenoxy) is 1. The van der Waals surface area contributed by atoms with E-state index in [1.807, 2.05) is 31.2 Å². The highest BCUT2D eigenvalue weighted by atomic mass is 19.4. The molecule has 4 aromatic rings. The van der Waals surface area contributed by atoms with Crippen molar-refractivity contribution in [3.05, 3.63) is 59.4 Å². The van der Waals surface area contributed by atoms with Gasteiger partial charge in [-0.2, -0.15) is 18.4 Å². The Morgan fingerprint density at radius 2 is 1.84 bits per heavy atom. The van der Waals surface area contributed by atoms with Gasteiger partial charge in [-0.15, -0.1) is 5.10 Å². The lowest BCUT2D eigenvalue weighted by Gasteiger charge is -2.35. The molecule has 1 saturated heterocycles. The van der Waals surface area contributed by atoms with Crippen molar-refractivity contribution in [1.82, 2.24) is 29.9 Å². The molecular weight excluding hydrogens is 497 g/mol. The molecule has 9 nitrogen and oxygen atoms in total. The van der Waals surface area contributed by atoms with Crippen LogP contribution < -0.4 is 9.64 Å². The molecule has 196 valence electrons. The Labute approximate surface area is 217 Å². The second kappa shape index (κ2) is 10.3. The fourth-order valence-electron chi connectivity index (χ4n) is 4.48. The smallest absolute Gasteiger partial charge is 0.419 e. The van der Waals surface area contributed by atoms with Crippen molar-refractivity contribution in [1.29, 1.82) is 5.26 Å². The van der Waals surface area contributed by atoms with Gasteiger partial charge in [0.2, 0.25) is 0 Å². The van der Waals surface area contributed by atoms with Crippen LogP contribution in [0.4, 0.5) is 19.0 Å². The van der Waals surface area contributed by atoms with Gasteiger partial charge < -0.3 is 9.64 Å². The molecule has 0 atom stereocenters. The van der Waals surface area contributed by atoms with Gasteiger partial charge in [0.15, 0.2) is 5.69 Å². The van der Waals surface area contributed by atoms with E-state index in [-0.39, 0.29) is 29.3 Å². The van der Waals surface area contributed by atoms with E-state index >= 15 is 0 Å². The zero-order valence-electron chi connectivity index (χ0n) is 20.9. The first-order chi connectivity index (χ1) is 18.2. The third kappa shape index (κ3) is 5.24. The maximum Gasteiger partial charge on any atom is 0.419 e. The fraction of sp³-hybridized carbons (Fsp3) is 0.346. The quantitative estimate of drug-likeness (QED) is 0.377. The number of nitrogens with zero attached hydrogens (tertiary/aromatic N) is 8. The first-order valence-corrected chi connectivity index (χ1v) is 12.1. The summed E-state index contributed by atoms with van der Waals surface area (Å²) in [6.45, 7) is 5.68. The number of rotatable bonds is 6. The Morgan fingerprint density at radius 1 is 1.05 bits per heavy atom. The molecule has 1 aliphatic heterocycles. The van der Waals surface area contributed by atoms with E-state index in [2.05, 4.69) is 30.1 Å². The lowest BCUT2D eigenvalue weighted by atomic mass is 10.1. The fourth-order valence-corrected chi connectivity index (χ4v) is 4.48.